The SMILES string of the molecule is N#Cc1nc(NCCc2cccc(F)c2)ccc1N. The van der Waals surface area contributed by atoms with Crippen molar-refractivity contribution in [1.82, 2.24) is 4.98 Å². The molecule has 1 heterocycles. The van der Waals surface area contributed by atoms with Gasteiger partial charge in [0.1, 0.15) is 17.7 Å². The number of halogens is 1. The van der Waals surface area contributed by atoms with E-state index in [1.165, 1.54) is 12.1 Å². The quantitative estimate of drug-likeness (QED) is 0.880. The van der Waals surface area contributed by atoms with Crippen molar-refractivity contribution in [2.24, 2.45) is 0 Å². The fourth-order valence-corrected chi connectivity index (χ4v) is 1.69. The van der Waals surface area contributed by atoms with Crippen LogP contribution in [0.15, 0.2) is 36.4 Å². The molecule has 0 saturated carbocycles. The van der Waals surface area contributed by atoms with Crippen LogP contribution in [0.2, 0.25) is 0 Å². The summed E-state index contributed by atoms with van der Waals surface area (Å²) in [7, 11) is 0. The van der Waals surface area contributed by atoms with E-state index >= 15 is 0 Å². The van der Waals surface area contributed by atoms with E-state index in [0.29, 0.717) is 24.5 Å². The summed E-state index contributed by atoms with van der Waals surface area (Å²) in [6.45, 7) is 0.602. The van der Waals surface area contributed by atoms with Crippen LogP contribution in [0.3, 0.4) is 0 Å². The number of hydrogen-bond donors (Lipinski definition) is 2. The number of nitrogen functional groups attached to an aromatic ring is 1. The third-order valence-corrected chi connectivity index (χ3v) is 2.64. The molecule has 0 amide bonds. The molecule has 0 spiro atoms. The number of nitrogens with two attached hydrogens (primary N) is 1. The van der Waals surface area contributed by atoms with Crippen molar-refractivity contribution in [2.75, 3.05) is 17.6 Å². The molecule has 0 aliphatic heterocycles. The lowest BCUT2D eigenvalue weighted by Gasteiger charge is -2.07. The lowest BCUT2D eigenvalue weighted by atomic mass is 10.1. The van der Waals surface area contributed by atoms with E-state index in [1.807, 2.05) is 12.1 Å². The lowest BCUT2D eigenvalue weighted by molar-refractivity contribution is 0.625. The number of nitrogens with zero attached hydrogens (tertiary/aromatic N) is 2. The molecule has 2 aromatic rings. The fourth-order valence-electron chi connectivity index (χ4n) is 1.69. The van der Waals surface area contributed by atoms with Gasteiger partial charge < -0.3 is 11.1 Å². The van der Waals surface area contributed by atoms with Crippen LogP contribution in [-0.2, 0) is 6.42 Å². The van der Waals surface area contributed by atoms with Crippen molar-refractivity contribution in [3.05, 3.63) is 53.5 Å². The first kappa shape index (κ1) is 12.8. The normalized spacial score (nSPS) is 9.89. The topological polar surface area (TPSA) is 74.7 Å². The minimum atomic E-state index is -0.241. The Kier molecular flexibility index (Phi) is 3.94. The summed E-state index contributed by atoms with van der Waals surface area (Å²) in [6.07, 6.45) is 0.672. The molecular formula is C14H13FN4. The highest BCUT2D eigenvalue weighted by molar-refractivity contribution is 5.54. The van der Waals surface area contributed by atoms with Crippen LogP contribution < -0.4 is 11.1 Å². The molecule has 3 N–H and O–H groups in total. The average molecular weight is 256 g/mol. The zero-order valence-corrected chi connectivity index (χ0v) is 10.2. The van der Waals surface area contributed by atoms with E-state index in [1.54, 1.807) is 18.2 Å². The summed E-state index contributed by atoms with van der Waals surface area (Å²) in [4.78, 5) is 4.07. The van der Waals surface area contributed by atoms with E-state index in [9.17, 15) is 4.39 Å². The van der Waals surface area contributed by atoms with Gasteiger partial charge in [-0.3, -0.25) is 0 Å². The maximum Gasteiger partial charge on any atom is 0.165 e. The smallest absolute Gasteiger partial charge is 0.165 e. The van der Waals surface area contributed by atoms with Crippen LogP contribution in [0.4, 0.5) is 15.9 Å². The van der Waals surface area contributed by atoms with Gasteiger partial charge in [0.2, 0.25) is 0 Å². The Hall–Kier alpha value is -2.61. The first-order valence-electron chi connectivity index (χ1n) is 5.84. The Labute approximate surface area is 110 Å². The molecule has 2 rings (SSSR count). The molecule has 0 unspecified atom stereocenters. The number of aromatic nitrogens is 1. The van der Waals surface area contributed by atoms with Crippen LogP contribution >= 0.6 is 0 Å². The zero-order chi connectivity index (χ0) is 13.7. The number of nitrogens with one attached hydrogen (secondary N) is 1. The molecule has 0 aliphatic rings. The van der Waals surface area contributed by atoms with E-state index in [4.69, 9.17) is 11.0 Å². The third-order valence-electron chi connectivity index (χ3n) is 2.64. The van der Waals surface area contributed by atoms with Gasteiger partial charge in [-0.05, 0) is 36.2 Å². The highest BCUT2D eigenvalue weighted by atomic mass is 19.1. The van der Waals surface area contributed by atoms with Crippen molar-refractivity contribution < 1.29 is 4.39 Å². The molecular weight excluding hydrogens is 243 g/mol. The van der Waals surface area contributed by atoms with E-state index in [0.717, 1.165) is 5.56 Å². The molecule has 1 aromatic carbocycles. The summed E-state index contributed by atoms with van der Waals surface area (Å²) in [5.74, 6) is 0.344. The first-order chi connectivity index (χ1) is 9.19. The molecule has 0 fully saturated rings. The lowest BCUT2D eigenvalue weighted by Crippen LogP contribution is -2.07. The highest BCUT2D eigenvalue weighted by Gasteiger charge is 2.02. The number of anilines is 2. The number of hydrogen-bond acceptors (Lipinski definition) is 4. The van der Waals surface area contributed by atoms with Gasteiger partial charge in [0.05, 0.1) is 5.69 Å². The van der Waals surface area contributed by atoms with Gasteiger partial charge in [-0.1, -0.05) is 12.1 Å². The summed E-state index contributed by atoms with van der Waals surface area (Å²) in [5, 5.41) is 11.9. The second kappa shape index (κ2) is 5.83. The van der Waals surface area contributed by atoms with Crippen LogP contribution in [0.25, 0.3) is 0 Å². The minimum absolute atomic E-state index is 0.204. The van der Waals surface area contributed by atoms with Crippen molar-refractivity contribution in [3.8, 4) is 6.07 Å². The van der Waals surface area contributed by atoms with Crippen molar-refractivity contribution in [2.45, 2.75) is 6.42 Å². The molecule has 96 valence electrons. The second-order valence-corrected chi connectivity index (χ2v) is 4.05. The molecule has 0 aliphatic carbocycles. The van der Waals surface area contributed by atoms with Crippen molar-refractivity contribution in [3.63, 3.8) is 0 Å². The molecule has 4 nitrogen and oxygen atoms in total. The van der Waals surface area contributed by atoms with E-state index in [-0.39, 0.29) is 11.5 Å². The van der Waals surface area contributed by atoms with Gasteiger partial charge in [-0.2, -0.15) is 5.26 Å². The zero-order valence-electron chi connectivity index (χ0n) is 10.2. The largest absolute Gasteiger partial charge is 0.396 e. The van der Waals surface area contributed by atoms with Crippen LogP contribution in [0, 0.1) is 17.1 Å². The molecule has 0 bridgehead atoms. The standard InChI is InChI=1S/C14H13FN4/c15-11-3-1-2-10(8-11)6-7-18-14-5-4-12(17)13(9-16)19-14/h1-5,8H,6-7,17H2,(H,18,19). The van der Waals surface area contributed by atoms with E-state index in [2.05, 4.69) is 10.3 Å². The first-order valence-corrected chi connectivity index (χ1v) is 5.84. The molecule has 19 heavy (non-hydrogen) atoms. The van der Waals surface area contributed by atoms with Crippen molar-refractivity contribution in [1.29, 1.82) is 5.26 Å². The van der Waals surface area contributed by atoms with E-state index < -0.39 is 0 Å². The molecule has 0 radical (unpaired) electrons. The van der Waals surface area contributed by atoms with Gasteiger partial charge in [0, 0.05) is 6.54 Å². The highest BCUT2D eigenvalue weighted by Crippen LogP contribution is 2.12. The Morgan fingerprint density at radius 2 is 2.16 bits per heavy atom. The van der Waals surface area contributed by atoms with Crippen molar-refractivity contribution >= 4 is 11.5 Å². The molecule has 0 saturated heterocycles. The predicted molar refractivity (Wildman–Crippen MR) is 72.0 cm³/mol. The summed E-state index contributed by atoms with van der Waals surface area (Å²) >= 11 is 0. The number of benzene rings is 1. The summed E-state index contributed by atoms with van der Waals surface area (Å²) in [6, 6.07) is 11.7. The van der Waals surface area contributed by atoms with Gasteiger partial charge >= 0.3 is 0 Å². The number of nitriles is 1. The molecule has 1 aromatic heterocycles. The Morgan fingerprint density at radius 1 is 1.32 bits per heavy atom. The summed E-state index contributed by atoms with van der Waals surface area (Å²) in [5.41, 5.74) is 7.05. The Bertz CT molecular complexity index is 619. The Morgan fingerprint density at radius 3 is 2.89 bits per heavy atom. The third kappa shape index (κ3) is 3.42. The van der Waals surface area contributed by atoms with Gasteiger partial charge in [-0.15, -0.1) is 0 Å². The predicted octanol–water partition coefficient (Wildman–Crippen LogP) is 2.33. The number of rotatable bonds is 4. The number of pyridine rings is 1. The second-order valence-electron chi connectivity index (χ2n) is 4.05. The molecule has 0 atom stereocenters. The van der Waals surface area contributed by atoms with Crippen LogP contribution in [-0.4, -0.2) is 11.5 Å². The average Bonchev–Trinajstić information content (AvgIpc) is 2.41. The van der Waals surface area contributed by atoms with Gasteiger partial charge in [0.25, 0.3) is 0 Å². The monoisotopic (exact) mass is 256 g/mol. The van der Waals surface area contributed by atoms with Gasteiger partial charge in [-0.25, -0.2) is 9.37 Å². The maximum atomic E-state index is 13.0. The van der Waals surface area contributed by atoms with Gasteiger partial charge in [0.15, 0.2) is 5.69 Å². The fraction of sp³-hybridized carbons (Fsp3) is 0.143. The summed E-state index contributed by atoms with van der Waals surface area (Å²) < 4.78 is 13.0. The maximum absolute atomic E-state index is 13.0. The van der Waals surface area contributed by atoms with Crippen LogP contribution in [0.1, 0.15) is 11.3 Å². The molecule has 5 heteroatoms. The minimum Gasteiger partial charge on any atom is -0.396 e. The van der Waals surface area contributed by atoms with Crippen LogP contribution in [0.5, 0.6) is 0 Å². The Balaban J connectivity index is 1.95.